The number of nitrogens with one attached hydrogen (secondary N) is 1. The van der Waals surface area contributed by atoms with Gasteiger partial charge in [0.1, 0.15) is 11.9 Å². The molecule has 5 nitrogen and oxygen atoms in total. The van der Waals surface area contributed by atoms with Gasteiger partial charge in [0.25, 0.3) is 5.91 Å². The molecule has 1 atom stereocenters. The molecule has 35 heavy (non-hydrogen) atoms. The van der Waals surface area contributed by atoms with Crippen molar-refractivity contribution in [3.63, 3.8) is 0 Å². The Hall–Kier alpha value is -2.90. The SMILES string of the molecule is O=C(NC(Cc1ccc(-c2c(Cl)cc(F)cc2Cl)c2cccnc12)C(=O)O)c1c(Cl)cccc1Cl. The van der Waals surface area contributed by atoms with E-state index in [9.17, 15) is 19.1 Å². The normalized spacial score (nSPS) is 11.9. The minimum Gasteiger partial charge on any atom is -0.480 e. The zero-order chi connectivity index (χ0) is 25.3. The van der Waals surface area contributed by atoms with Crippen molar-refractivity contribution in [3.8, 4) is 11.1 Å². The molecule has 0 aliphatic rings. The molecule has 0 spiro atoms. The van der Waals surface area contributed by atoms with Gasteiger partial charge in [0.05, 0.1) is 31.2 Å². The Balaban J connectivity index is 1.73. The third-order valence-electron chi connectivity index (χ3n) is 5.35. The van der Waals surface area contributed by atoms with Crippen molar-refractivity contribution in [2.24, 2.45) is 0 Å². The first-order chi connectivity index (χ1) is 16.7. The van der Waals surface area contributed by atoms with Gasteiger partial charge < -0.3 is 10.4 Å². The average molecular weight is 552 g/mol. The summed E-state index contributed by atoms with van der Waals surface area (Å²) in [6, 6.07) is 12.4. The van der Waals surface area contributed by atoms with E-state index in [1.54, 1.807) is 36.5 Å². The van der Waals surface area contributed by atoms with Crippen LogP contribution in [0.15, 0.2) is 60.8 Å². The van der Waals surface area contributed by atoms with Crippen molar-refractivity contribution in [3.05, 3.63) is 97.8 Å². The highest BCUT2D eigenvalue weighted by atomic mass is 35.5. The second-order valence-corrected chi connectivity index (χ2v) is 9.21. The van der Waals surface area contributed by atoms with Gasteiger partial charge in [-0.1, -0.05) is 70.7 Å². The number of hydrogen-bond donors (Lipinski definition) is 2. The number of rotatable bonds is 6. The van der Waals surface area contributed by atoms with Crippen LogP contribution in [0, 0.1) is 5.82 Å². The number of carbonyl (C=O) groups excluding carboxylic acids is 1. The van der Waals surface area contributed by atoms with E-state index in [0.29, 0.717) is 27.6 Å². The molecular formula is C25H15Cl4FN2O3. The molecule has 178 valence electrons. The van der Waals surface area contributed by atoms with E-state index < -0.39 is 23.7 Å². The molecule has 10 heteroatoms. The maximum Gasteiger partial charge on any atom is 0.326 e. The van der Waals surface area contributed by atoms with Gasteiger partial charge in [-0.05, 0) is 41.5 Å². The molecular weight excluding hydrogens is 537 g/mol. The number of nitrogens with zero attached hydrogens (tertiary/aromatic N) is 1. The lowest BCUT2D eigenvalue weighted by molar-refractivity contribution is -0.139. The number of carbonyl (C=O) groups is 2. The molecule has 4 aromatic rings. The first kappa shape index (κ1) is 25.2. The van der Waals surface area contributed by atoms with E-state index in [1.807, 2.05) is 0 Å². The van der Waals surface area contributed by atoms with Gasteiger partial charge in [-0.25, -0.2) is 9.18 Å². The number of benzene rings is 3. The van der Waals surface area contributed by atoms with Crippen molar-refractivity contribution in [1.29, 1.82) is 0 Å². The predicted octanol–water partition coefficient (Wildman–Crippen LogP) is 7.08. The fourth-order valence-corrected chi connectivity index (χ4v) is 5.01. The molecule has 1 unspecified atom stereocenters. The number of carboxylic acid groups (broad SMARTS) is 1. The number of fused-ring (bicyclic) bond motifs is 1. The molecule has 0 radical (unpaired) electrons. The van der Waals surface area contributed by atoms with Crippen molar-refractivity contribution in [1.82, 2.24) is 10.3 Å². The van der Waals surface area contributed by atoms with Gasteiger partial charge in [-0.2, -0.15) is 0 Å². The highest BCUT2D eigenvalue weighted by Crippen LogP contribution is 2.39. The van der Waals surface area contributed by atoms with Crippen molar-refractivity contribution in [2.75, 3.05) is 0 Å². The Morgan fingerprint density at radius 2 is 1.60 bits per heavy atom. The zero-order valence-corrected chi connectivity index (χ0v) is 20.7. The quantitative estimate of drug-likeness (QED) is 0.268. The fraction of sp³-hybridized carbons (Fsp3) is 0.0800. The van der Waals surface area contributed by atoms with Crippen molar-refractivity contribution < 1.29 is 19.1 Å². The zero-order valence-electron chi connectivity index (χ0n) is 17.7. The summed E-state index contributed by atoms with van der Waals surface area (Å²) in [6.45, 7) is 0. The summed E-state index contributed by atoms with van der Waals surface area (Å²) in [4.78, 5) is 29.2. The summed E-state index contributed by atoms with van der Waals surface area (Å²) in [5.41, 5.74) is 2.05. The van der Waals surface area contributed by atoms with Crippen LogP contribution in [0.4, 0.5) is 4.39 Å². The van der Waals surface area contributed by atoms with Crippen molar-refractivity contribution in [2.45, 2.75) is 12.5 Å². The van der Waals surface area contributed by atoms with Gasteiger partial charge >= 0.3 is 5.97 Å². The second-order valence-electron chi connectivity index (χ2n) is 7.58. The predicted molar refractivity (Wildman–Crippen MR) is 136 cm³/mol. The Labute approximate surface area is 219 Å². The van der Waals surface area contributed by atoms with Crippen LogP contribution in [-0.4, -0.2) is 28.0 Å². The van der Waals surface area contributed by atoms with Crippen molar-refractivity contribution >= 4 is 69.2 Å². The first-order valence-corrected chi connectivity index (χ1v) is 11.7. The number of hydrogen-bond acceptors (Lipinski definition) is 3. The van der Waals surface area contributed by atoms with E-state index >= 15 is 0 Å². The topological polar surface area (TPSA) is 79.3 Å². The molecule has 1 aromatic heterocycles. The Morgan fingerprint density at radius 1 is 0.943 bits per heavy atom. The lowest BCUT2D eigenvalue weighted by atomic mass is 9.95. The maximum absolute atomic E-state index is 13.7. The van der Waals surface area contributed by atoms with Crippen LogP contribution < -0.4 is 5.32 Å². The fourth-order valence-electron chi connectivity index (χ4n) is 3.78. The Bertz CT molecular complexity index is 1440. The number of carboxylic acids is 1. The largest absolute Gasteiger partial charge is 0.480 e. The summed E-state index contributed by atoms with van der Waals surface area (Å²) in [5, 5.41) is 13.4. The van der Waals surface area contributed by atoms with Crippen LogP contribution in [0.1, 0.15) is 15.9 Å². The molecule has 0 aliphatic carbocycles. The van der Waals surface area contributed by atoms with E-state index in [0.717, 1.165) is 12.1 Å². The third kappa shape index (κ3) is 5.21. The summed E-state index contributed by atoms with van der Waals surface area (Å²) >= 11 is 24.7. The number of amides is 1. The highest BCUT2D eigenvalue weighted by molar-refractivity contribution is 6.40. The van der Waals surface area contributed by atoms with Crippen LogP contribution >= 0.6 is 46.4 Å². The number of pyridine rings is 1. The number of aromatic nitrogens is 1. The van der Waals surface area contributed by atoms with Gasteiger partial charge in [-0.15, -0.1) is 0 Å². The minimum absolute atomic E-state index is 0.0130. The molecule has 4 rings (SSSR count). The van der Waals surface area contributed by atoms with Gasteiger partial charge in [0, 0.05) is 23.6 Å². The molecule has 0 saturated carbocycles. The summed E-state index contributed by atoms with van der Waals surface area (Å²) in [7, 11) is 0. The van der Waals surface area contributed by atoms with Crippen LogP contribution in [-0.2, 0) is 11.2 Å². The lowest BCUT2D eigenvalue weighted by Gasteiger charge is -2.18. The van der Waals surface area contributed by atoms with Crippen LogP contribution in [0.3, 0.4) is 0 Å². The van der Waals surface area contributed by atoms with E-state index in [-0.39, 0.29) is 32.1 Å². The first-order valence-electron chi connectivity index (χ1n) is 10.2. The lowest BCUT2D eigenvalue weighted by Crippen LogP contribution is -2.42. The van der Waals surface area contributed by atoms with Gasteiger partial charge in [0.2, 0.25) is 0 Å². The van der Waals surface area contributed by atoms with E-state index in [2.05, 4.69) is 10.3 Å². The molecule has 3 aromatic carbocycles. The smallest absolute Gasteiger partial charge is 0.326 e. The number of aliphatic carboxylic acids is 1. The molecule has 1 heterocycles. The molecule has 0 bridgehead atoms. The molecule has 0 aliphatic heterocycles. The van der Waals surface area contributed by atoms with Gasteiger partial charge in [-0.3, -0.25) is 9.78 Å². The third-order valence-corrected chi connectivity index (χ3v) is 6.57. The standard InChI is InChI=1S/C25H15Cl4FN2O3/c26-16-4-1-5-17(27)22(16)24(33)32-20(25(34)35)9-12-6-7-14(15-3-2-8-31-23(12)15)21-18(28)10-13(30)11-19(21)29/h1-8,10-11,20H,9H2,(H,32,33)(H,34,35). The summed E-state index contributed by atoms with van der Waals surface area (Å²) < 4.78 is 13.7. The summed E-state index contributed by atoms with van der Waals surface area (Å²) in [6.07, 6.45) is 1.48. The van der Waals surface area contributed by atoms with E-state index in [4.69, 9.17) is 46.4 Å². The van der Waals surface area contributed by atoms with E-state index in [1.165, 1.54) is 12.1 Å². The second kappa shape index (κ2) is 10.4. The average Bonchev–Trinajstić information content (AvgIpc) is 2.79. The molecule has 0 fully saturated rings. The van der Waals surface area contributed by atoms with Gasteiger partial charge in [0.15, 0.2) is 0 Å². The van der Waals surface area contributed by atoms with Crippen LogP contribution in [0.5, 0.6) is 0 Å². The number of halogens is 5. The minimum atomic E-state index is -1.30. The summed E-state index contributed by atoms with van der Waals surface area (Å²) in [5.74, 6) is -2.53. The Kier molecular flexibility index (Phi) is 7.47. The van der Waals surface area contributed by atoms with Crippen LogP contribution in [0.2, 0.25) is 20.1 Å². The van der Waals surface area contributed by atoms with Crippen LogP contribution in [0.25, 0.3) is 22.0 Å². The Morgan fingerprint density at radius 3 is 2.23 bits per heavy atom. The highest BCUT2D eigenvalue weighted by Gasteiger charge is 2.25. The maximum atomic E-state index is 13.7. The molecule has 2 N–H and O–H groups in total. The molecule has 1 amide bonds. The monoisotopic (exact) mass is 550 g/mol. The molecule has 0 saturated heterocycles.